The van der Waals surface area contributed by atoms with Crippen molar-refractivity contribution in [2.24, 2.45) is 0 Å². The Kier molecular flexibility index (Phi) is 8.71. The highest BCUT2D eigenvalue weighted by Gasteiger charge is 2.50. The molecule has 1 rings (SSSR count). The zero-order chi connectivity index (χ0) is 19.9. The van der Waals surface area contributed by atoms with E-state index < -0.39 is 50.6 Å². The molecule has 0 aromatic rings. The topological polar surface area (TPSA) is 97.4 Å². The monoisotopic (exact) mass is 390 g/mol. The van der Waals surface area contributed by atoms with Gasteiger partial charge in [-0.05, 0) is 18.6 Å². The Morgan fingerprint density at radius 3 is 1.69 bits per heavy atom. The van der Waals surface area contributed by atoms with Gasteiger partial charge in [0.1, 0.15) is 18.8 Å². The van der Waals surface area contributed by atoms with E-state index in [4.69, 9.17) is 23.4 Å². The fourth-order valence-electron chi connectivity index (χ4n) is 2.68. The first-order valence-electron chi connectivity index (χ1n) is 8.89. The van der Waals surface area contributed by atoms with Gasteiger partial charge in [0.05, 0.1) is 6.61 Å². The van der Waals surface area contributed by atoms with E-state index in [-0.39, 0.29) is 13.2 Å². The van der Waals surface area contributed by atoms with Crippen molar-refractivity contribution < 1.29 is 37.8 Å². The maximum Gasteiger partial charge on any atom is 0.303 e. The van der Waals surface area contributed by atoms with Crippen LogP contribution >= 0.6 is 0 Å². The van der Waals surface area contributed by atoms with Crippen LogP contribution in [0.15, 0.2) is 0 Å². The predicted molar refractivity (Wildman–Crippen MR) is 94.9 cm³/mol. The average molecular weight is 391 g/mol. The van der Waals surface area contributed by atoms with Crippen molar-refractivity contribution in [2.75, 3.05) is 13.2 Å². The van der Waals surface area contributed by atoms with Crippen LogP contribution in [0.25, 0.3) is 0 Å². The van der Waals surface area contributed by atoms with Crippen molar-refractivity contribution in [2.45, 2.75) is 77.7 Å². The number of carbonyl (C=O) groups is 3. The molecule has 0 saturated carbocycles. The number of hydrogen-bond acceptors (Lipinski definition) is 8. The second-order valence-electron chi connectivity index (χ2n) is 6.63. The lowest BCUT2D eigenvalue weighted by Gasteiger charge is -2.28. The molecule has 1 fully saturated rings. The second kappa shape index (κ2) is 10.0. The summed E-state index contributed by atoms with van der Waals surface area (Å²) < 4.78 is 27.7. The highest BCUT2D eigenvalue weighted by molar-refractivity contribution is 6.72. The molecular weight excluding hydrogens is 360 g/mol. The van der Waals surface area contributed by atoms with Crippen molar-refractivity contribution >= 4 is 26.2 Å². The molecular formula is C17H30O8Si. The van der Waals surface area contributed by atoms with Crippen LogP contribution < -0.4 is 0 Å². The van der Waals surface area contributed by atoms with Crippen LogP contribution in [0.4, 0.5) is 0 Å². The smallest absolute Gasteiger partial charge is 0.303 e. The van der Waals surface area contributed by atoms with Crippen LogP contribution in [0.3, 0.4) is 0 Å². The van der Waals surface area contributed by atoms with E-state index in [1.165, 1.54) is 20.8 Å². The molecule has 0 N–H and O–H groups in total. The summed E-state index contributed by atoms with van der Waals surface area (Å²) in [6.07, 6.45) is -3.00. The minimum atomic E-state index is -1.86. The van der Waals surface area contributed by atoms with Crippen LogP contribution in [-0.2, 0) is 37.8 Å². The first-order chi connectivity index (χ1) is 12.1. The van der Waals surface area contributed by atoms with Crippen LogP contribution in [0.1, 0.15) is 34.6 Å². The summed E-state index contributed by atoms with van der Waals surface area (Å²) in [5.41, 5.74) is 0. The number of ether oxygens (including phenoxy) is 4. The molecule has 26 heavy (non-hydrogen) atoms. The third-order valence-electron chi connectivity index (χ3n) is 4.55. The molecule has 8 nitrogen and oxygen atoms in total. The maximum atomic E-state index is 11.5. The van der Waals surface area contributed by atoms with E-state index in [1.54, 1.807) is 0 Å². The first-order valence-corrected chi connectivity index (χ1v) is 11.7. The Balaban J connectivity index is 2.95. The minimum absolute atomic E-state index is 0.0994. The average Bonchev–Trinajstić information content (AvgIpc) is 2.86. The number of carbonyl (C=O) groups excluding carboxylic acids is 3. The molecule has 1 heterocycles. The molecule has 0 bridgehead atoms. The maximum absolute atomic E-state index is 11.5. The van der Waals surface area contributed by atoms with E-state index in [1.807, 2.05) is 0 Å². The highest BCUT2D eigenvalue weighted by atomic mass is 28.4. The first kappa shape index (κ1) is 22.6. The van der Waals surface area contributed by atoms with Crippen molar-refractivity contribution in [1.82, 2.24) is 0 Å². The van der Waals surface area contributed by atoms with E-state index in [9.17, 15) is 14.4 Å². The van der Waals surface area contributed by atoms with Gasteiger partial charge >= 0.3 is 17.9 Å². The Labute approximate surface area is 155 Å². The van der Waals surface area contributed by atoms with Crippen molar-refractivity contribution in [3.05, 3.63) is 0 Å². The second-order valence-corrected chi connectivity index (χ2v) is 11.2. The van der Waals surface area contributed by atoms with Gasteiger partial charge in [-0.3, -0.25) is 14.4 Å². The van der Waals surface area contributed by atoms with E-state index >= 15 is 0 Å². The fourth-order valence-corrected chi connectivity index (χ4v) is 4.15. The van der Waals surface area contributed by atoms with Crippen molar-refractivity contribution in [1.29, 1.82) is 0 Å². The van der Waals surface area contributed by atoms with Gasteiger partial charge in [0.2, 0.25) is 0 Å². The normalized spacial score (nSPS) is 25.6. The van der Waals surface area contributed by atoms with Gasteiger partial charge in [0.25, 0.3) is 0 Å². The van der Waals surface area contributed by atoms with Crippen molar-refractivity contribution in [3.63, 3.8) is 0 Å². The third-order valence-corrected chi connectivity index (χ3v) is 8.41. The summed E-state index contributed by atoms with van der Waals surface area (Å²) in [7, 11) is -1.86. The van der Waals surface area contributed by atoms with Gasteiger partial charge in [-0.2, -0.15) is 0 Å². The molecule has 1 aliphatic heterocycles. The molecule has 0 aliphatic carbocycles. The quantitative estimate of drug-likeness (QED) is 0.334. The molecule has 0 aromatic heterocycles. The van der Waals surface area contributed by atoms with Gasteiger partial charge in [-0.1, -0.05) is 13.8 Å². The molecule has 1 saturated heterocycles. The predicted octanol–water partition coefficient (Wildman–Crippen LogP) is 1.81. The van der Waals surface area contributed by atoms with Gasteiger partial charge in [0.15, 0.2) is 20.5 Å². The van der Waals surface area contributed by atoms with Crippen LogP contribution in [0.5, 0.6) is 0 Å². The molecule has 150 valence electrons. The SMILES string of the molecule is CC[Si](C)(CC)OC[C@@H]1O[C@H](COC(C)=O)[C@@H](OC(C)=O)[C@H]1OC(C)=O. The Hall–Kier alpha value is -1.45. The fraction of sp³-hybridized carbons (Fsp3) is 0.824. The van der Waals surface area contributed by atoms with E-state index in [0.29, 0.717) is 0 Å². The molecule has 4 atom stereocenters. The Morgan fingerprint density at radius 2 is 1.31 bits per heavy atom. The molecule has 9 heteroatoms. The number of esters is 3. The lowest BCUT2D eigenvalue weighted by atomic mass is 10.1. The lowest BCUT2D eigenvalue weighted by Crippen LogP contribution is -2.43. The molecule has 0 radical (unpaired) electrons. The summed E-state index contributed by atoms with van der Waals surface area (Å²) in [5, 5.41) is 0. The van der Waals surface area contributed by atoms with Gasteiger partial charge < -0.3 is 23.4 Å². The van der Waals surface area contributed by atoms with Gasteiger partial charge in [-0.25, -0.2) is 0 Å². The molecule has 1 aliphatic rings. The van der Waals surface area contributed by atoms with Gasteiger partial charge in [-0.15, -0.1) is 0 Å². The summed E-state index contributed by atoms with van der Waals surface area (Å²) >= 11 is 0. The number of hydrogen-bond donors (Lipinski definition) is 0. The van der Waals surface area contributed by atoms with Crippen LogP contribution in [-0.4, -0.2) is 63.9 Å². The molecule has 0 spiro atoms. The molecule has 0 amide bonds. The van der Waals surface area contributed by atoms with E-state index in [2.05, 4.69) is 20.4 Å². The summed E-state index contributed by atoms with van der Waals surface area (Å²) in [5.74, 6) is -1.53. The Bertz CT molecular complexity index is 505. The van der Waals surface area contributed by atoms with Gasteiger partial charge in [0, 0.05) is 20.8 Å². The largest absolute Gasteiger partial charge is 0.463 e. The van der Waals surface area contributed by atoms with Crippen LogP contribution in [0, 0.1) is 0 Å². The summed E-state index contributed by atoms with van der Waals surface area (Å²) in [6, 6.07) is 1.89. The minimum Gasteiger partial charge on any atom is -0.463 e. The summed E-state index contributed by atoms with van der Waals surface area (Å²) in [6.45, 7) is 10.2. The number of rotatable bonds is 9. The van der Waals surface area contributed by atoms with Crippen LogP contribution in [0.2, 0.25) is 18.6 Å². The molecule has 0 aromatic carbocycles. The lowest BCUT2D eigenvalue weighted by molar-refractivity contribution is -0.165. The zero-order valence-electron chi connectivity index (χ0n) is 16.4. The molecule has 0 unspecified atom stereocenters. The van der Waals surface area contributed by atoms with Crippen molar-refractivity contribution in [3.8, 4) is 0 Å². The zero-order valence-corrected chi connectivity index (χ0v) is 17.4. The van der Waals surface area contributed by atoms with E-state index in [0.717, 1.165) is 12.1 Å². The Morgan fingerprint density at radius 1 is 0.846 bits per heavy atom. The standard InChI is InChI=1S/C17H30O8Si/c1-7-26(6,8-2)22-10-15-17(24-13(5)20)16(23-12(4)19)14(25-15)9-21-11(3)18/h14-17H,7-10H2,1-6H3/t14-,15+,16-,17+/m1/s1. The summed E-state index contributed by atoms with van der Waals surface area (Å²) in [4.78, 5) is 34.1. The highest BCUT2D eigenvalue weighted by Crippen LogP contribution is 2.29. The third kappa shape index (κ3) is 6.69.